The standard InChI is InChI=1S/C12H22O2/c1-9(2)8-10(13)6-7-11(14)12(3,4)5/h9H,6-8H2,1-5H3. The van der Waals surface area contributed by atoms with E-state index in [0.29, 0.717) is 25.2 Å². The van der Waals surface area contributed by atoms with Crippen LogP contribution in [0.1, 0.15) is 53.9 Å². The maximum atomic E-state index is 11.5. The van der Waals surface area contributed by atoms with Gasteiger partial charge < -0.3 is 0 Å². The van der Waals surface area contributed by atoms with Crippen LogP contribution in [0.5, 0.6) is 0 Å². The van der Waals surface area contributed by atoms with Gasteiger partial charge in [0.2, 0.25) is 0 Å². The van der Waals surface area contributed by atoms with Gasteiger partial charge >= 0.3 is 0 Å². The SMILES string of the molecule is CC(C)CC(=O)CCC(=O)C(C)(C)C. The highest BCUT2D eigenvalue weighted by Gasteiger charge is 2.21. The molecule has 0 radical (unpaired) electrons. The molecule has 0 aromatic heterocycles. The molecular formula is C12H22O2. The van der Waals surface area contributed by atoms with Crippen LogP contribution < -0.4 is 0 Å². The Bertz CT molecular complexity index is 209. The van der Waals surface area contributed by atoms with E-state index >= 15 is 0 Å². The van der Waals surface area contributed by atoms with Crippen molar-refractivity contribution in [2.24, 2.45) is 11.3 Å². The quantitative estimate of drug-likeness (QED) is 0.680. The van der Waals surface area contributed by atoms with Gasteiger partial charge in [-0.1, -0.05) is 34.6 Å². The third kappa shape index (κ3) is 5.90. The monoisotopic (exact) mass is 198 g/mol. The molecule has 14 heavy (non-hydrogen) atoms. The van der Waals surface area contributed by atoms with E-state index < -0.39 is 0 Å². The highest BCUT2D eigenvalue weighted by molar-refractivity contribution is 5.88. The van der Waals surface area contributed by atoms with Gasteiger partial charge in [0.1, 0.15) is 11.6 Å². The van der Waals surface area contributed by atoms with Crippen LogP contribution in [0.25, 0.3) is 0 Å². The van der Waals surface area contributed by atoms with E-state index in [9.17, 15) is 9.59 Å². The first-order valence-corrected chi connectivity index (χ1v) is 5.28. The molecule has 0 spiro atoms. The van der Waals surface area contributed by atoms with E-state index in [-0.39, 0.29) is 17.0 Å². The van der Waals surface area contributed by atoms with Crippen molar-refractivity contribution in [2.45, 2.75) is 53.9 Å². The van der Waals surface area contributed by atoms with Crippen molar-refractivity contribution in [1.82, 2.24) is 0 Å². The van der Waals surface area contributed by atoms with Crippen LogP contribution >= 0.6 is 0 Å². The Kier molecular flexibility index (Phi) is 5.03. The first-order chi connectivity index (χ1) is 6.23. The Morgan fingerprint density at radius 1 is 1.07 bits per heavy atom. The van der Waals surface area contributed by atoms with Crippen molar-refractivity contribution in [3.8, 4) is 0 Å². The van der Waals surface area contributed by atoms with Crippen LogP contribution in [-0.2, 0) is 9.59 Å². The van der Waals surface area contributed by atoms with Crippen molar-refractivity contribution in [3.63, 3.8) is 0 Å². The summed E-state index contributed by atoms with van der Waals surface area (Å²) in [6.07, 6.45) is 1.40. The van der Waals surface area contributed by atoms with Crippen LogP contribution in [0.3, 0.4) is 0 Å². The predicted octanol–water partition coefficient (Wildman–Crippen LogP) is 3.00. The minimum absolute atomic E-state index is 0.176. The number of ketones is 2. The summed E-state index contributed by atoms with van der Waals surface area (Å²) in [4.78, 5) is 22.8. The van der Waals surface area contributed by atoms with E-state index in [4.69, 9.17) is 0 Å². The molecular weight excluding hydrogens is 176 g/mol. The summed E-state index contributed by atoms with van der Waals surface area (Å²) in [5.74, 6) is 0.777. The topological polar surface area (TPSA) is 34.1 Å². The average molecular weight is 198 g/mol. The molecule has 2 nitrogen and oxygen atoms in total. The van der Waals surface area contributed by atoms with Gasteiger partial charge in [0.25, 0.3) is 0 Å². The van der Waals surface area contributed by atoms with Crippen LogP contribution in [0.15, 0.2) is 0 Å². The first-order valence-electron chi connectivity index (χ1n) is 5.28. The van der Waals surface area contributed by atoms with E-state index in [0.717, 1.165) is 0 Å². The molecule has 82 valence electrons. The molecule has 0 atom stereocenters. The molecule has 0 aromatic carbocycles. The van der Waals surface area contributed by atoms with Gasteiger partial charge in [-0.15, -0.1) is 0 Å². The molecule has 0 fully saturated rings. The molecule has 0 aromatic rings. The van der Waals surface area contributed by atoms with Crippen molar-refractivity contribution in [2.75, 3.05) is 0 Å². The summed E-state index contributed by atoms with van der Waals surface area (Å²) in [6.45, 7) is 9.71. The normalized spacial score (nSPS) is 11.9. The maximum Gasteiger partial charge on any atom is 0.138 e. The highest BCUT2D eigenvalue weighted by atomic mass is 16.1. The molecule has 0 heterocycles. The fraction of sp³-hybridized carbons (Fsp3) is 0.833. The van der Waals surface area contributed by atoms with Crippen LogP contribution in [0.2, 0.25) is 0 Å². The van der Waals surface area contributed by atoms with E-state index in [1.54, 1.807) is 0 Å². The van der Waals surface area contributed by atoms with Gasteiger partial charge in [-0.3, -0.25) is 9.59 Å². The summed E-state index contributed by atoms with van der Waals surface area (Å²) in [7, 11) is 0. The number of Topliss-reactive ketones (excluding diaryl/α,β-unsaturated/α-hetero) is 2. The second kappa shape index (κ2) is 5.28. The molecule has 2 heteroatoms. The maximum absolute atomic E-state index is 11.5. The fourth-order valence-electron chi connectivity index (χ4n) is 1.19. The van der Waals surface area contributed by atoms with E-state index in [1.807, 2.05) is 34.6 Å². The van der Waals surface area contributed by atoms with Gasteiger partial charge in [0, 0.05) is 24.7 Å². The summed E-state index contributed by atoms with van der Waals surface area (Å²) < 4.78 is 0. The number of rotatable bonds is 5. The van der Waals surface area contributed by atoms with Crippen molar-refractivity contribution < 1.29 is 9.59 Å². The molecule has 0 saturated carbocycles. The van der Waals surface area contributed by atoms with Gasteiger partial charge in [-0.2, -0.15) is 0 Å². The second-order valence-electron chi connectivity index (χ2n) is 5.31. The molecule has 0 saturated heterocycles. The fourth-order valence-corrected chi connectivity index (χ4v) is 1.19. The van der Waals surface area contributed by atoms with Gasteiger partial charge in [0.05, 0.1) is 0 Å². The molecule has 0 N–H and O–H groups in total. The lowest BCUT2D eigenvalue weighted by molar-refractivity contribution is -0.129. The lowest BCUT2D eigenvalue weighted by Crippen LogP contribution is -2.20. The minimum atomic E-state index is -0.307. The summed E-state index contributed by atoms with van der Waals surface area (Å²) in [6, 6.07) is 0. The number of hydrogen-bond acceptors (Lipinski definition) is 2. The number of carbonyl (C=O) groups is 2. The average Bonchev–Trinajstić information content (AvgIpc) is 1.96. The van der Waals surface area contributed by atoms with E-state index in [2.05, 4.69) is 0 Å². The van der Waals surface area contributed by atoms with Crippen molar-refractivity contribution in [3.05, 3.63) is 0 Å². The molecule has 0 aliphatic heterocycles. The molecule has 0 amide bonds. The summed E-state index contributed by atoms with van der Waals surface area (Å²) in [5.41, 5.74) is -0.307. The van der Waals surface area contributed by atoms with Crippen LogP contribution in [0.4, 0.5) is 0 Å². The smallest absolute Gasteiger partial charge is 0.138 e. The number of carbonyl (C=O) groups excluding carboxylic acids is 2. The molecule has 0 aliphatic carbocycles. The van der Waals surface area contributed by atoms with Gasteiger partial charge in [-0.05, 0) is 5.92 Å². The lowest BCUT2D eigenvalue weighted by atomic mass is 9.87. The molecule has 0 rings (SSSR count). The van der Waals surface area contributed by atoms with Crippen LogP contribution in [-0.4, -0.2) is 11.6 Å². The van der Waals surface area contributed by atoms with Gasteiger partial charge in [-0.25, -0.2) is 0 Å². The Morgan fingerprint density at radius 2 is 1.57 bits per heavy atom. The van der Waals surface area contributed by atoms with Crippen molar-refractivity contribution >= 4 is 11.6 Å². The Hall–Kier alpha value is -0.660. The highest BCUT2D eigenvalue weighted by Crippen LogP contribution is 2.18. The lowest BCUT2D eigenvalue weighted by Gasteiger charge is -2.16. The molecule has 0 bridgehead atoms. The Morgan fingerprint density at radius 3 is 1.93 bits per heavy atom. The number of hydrogen-bond donors (Lipinski definition) is 0. The zero-order chi connectivity index (χ0) is 11.4. The van der Waals surface area contributed by atoms with Crippen molar-refractivity contribution in [1.29, 1.82) is 0 Å². The van der Waals surface area contributed by atoms with Crippen LogP contribution in [0, 0.1) is 11.3 Å². The summed E-state index contributed by atoms with van der Waals surface area (Å²) in [5, 5.41) is 0. The Labute approximate surface area is 87.1 Å². The summed E-state index contributed by atoms with van der Waals surface area (Å²) >= 11 is 0. The second-order valence-corrected chi connectivity index (χ2v) is 5.31. The third-order valence-corrected chi connectivity index (χ3v) is 2.10. The van der Waals surface area contributed by atoms with Gasteiger partial charge in [0.15, 0.2) is 0 Å². The third-order valence-electron chi connectivity index (χ3n) is 2.10. The zero-order valence-electron chi connectivity index (χ0n) is 10.0. The first kappa shape index (κ1) is 13.3. The Balaban J connectivity index is 3.84. The molecule has 0 unspecified atom stereocenters. The minimum Gasteiger partial charge on any atom is -0.300 e. The largest absolute Gasteiger partial charge is 0.300 e. The van der Waals surface area contributed by atoms with E-state index in [1.165, 1.54) is 0 Å². The molecule has 0 aliphatic rings. The predicted molar refractivity (Wildman–Crippen MR) is 58.2 cm³/mol. The zero-order valence-corrected chi connectivity index (χ0v) is 10.0.